The number of hydrogen-bond acceptors (Lipinski definition) is 2. The molecule has 0 saturated heterocycles. The number of rotatable bonds is 2. The number of anilines is 1. The van der Waals surface area contributed by atoms with E-state index < -0.39 is 0 Å². The molecule has 0 bridgehead atoms. The Hall–Kier alpha value is -2.22. The van der Waals surface area contributed by atoms with E-state index in [1.165, 1.54) is 5.56 Å². The van der Waals surface area contributed by atoms with Gasteiger partial charge in [0.1, 0.15) is 11.5 Å². The van der Waals surface area contributed by atoms with Crippen LogP contribution >= 0.6 is 0 Å². The lowest BCUT2D eigenvalue weighted by Gasteiger charge is -2.32. The zero-order valence-electron chi connectivity index (χ0n) is 10.2. The van der Waals surface area contributed by atoms with Gasteiger partial charge in [0.2, 0.25) is 0 Å². The van der Waals surface area contributed by atoms with Crippen LogP contribution in [0.25, 0.3) is 0 Å². The van der Waals surface area contributed by atoms with Crippen molar-refractivity contribution in [2.75, 3.05) is 11.4 Å². The minimum atomic E-state index is 0.742. The molecule has 2 aromatic carbocycles. The van der Waals surface area contributed by atoms with E-state index in [0.717, 1.165) is 30.3 Å². The van der Waals surface area contributed by atoms with E-state index in [4.69, 9.17) is 4.74 Å². The van der Waals surface area contributed by atoms with Gasteiger partial charge in [0.15, 0.2) is 0 Å². The van der Waals surface area contributed by atoms with Crippen LogP contribution in [-0.2, 0) is 6.54 Å². The van der Waals surface area contributed by atoms with Crippen molar-refractivity contribution in [3.8, 4) is 5.75 Å². The van der Waals surface area contributed by atoms with Gasteiger partial charge in [-0.1, -0.05) is 49.0 Å². The van der Waals surface area contributed by atoms with Gasteiger partial charge in [0.25, 0.3) is 0 Å². The summed E-state index contributed by atoms with van der Waals surface area (Å²) in [6.07, 6.45) is 0. The van der Waals surface area contributed by atoms with Crippen LogP contribution in [0.2, 0.25) is 0 Å². The predicted octanol–water partition coefficient (Wildman–Crippen LogP) is 3.60. The van der Waals surface area contributed by atoms with Crippen LogP contribution in [0.5, 0.6) is 5.75 Å². The minimum Gasteiger partial charge on any atom is -0.458 e. The molecule has 0 amide bonds. The maximum Gasteiger partial charge on any atom is 0.150 e. The highest BCUT2D eigenvalue weighted by Gasteiger charge is 2.19. The quantitative estimate of drug-likeness (QED) is 0.791. The van der Waals surface area contributed by atoms with Crippen molar-refractivity contribution in [2.24, 2.45) is 0 Å². The van der Waals surface area contributed by atoms with Crippen molar-refractivity contribution in [3.63, 3.8) is 0 Å². The van der Waals surface area contributed by atoms with Crippen molar-refractivity contribution in [3.05, 3.63) is 72.5 Å². The SMILES string of the molecule is C=C1CN(Cc2ccccc2)c2ccccc2O1. The Morgan fingerprint density at radius 1 is 1.00 bits per heavy atom. The lowest BCUT2D eigenvalue weighted by Crippen LogP contribution is -2.30. The maximum absolute atomic E-state index is 5.66. The normalized spacial score (nSPS) is 14.0. The Kier molecular flexibility index (Phi) is 2.77. The summed E-state index contributed by atoms with van der Waals surface area (Å²) in [5.74, 6) is 1.69. The van der Waals surface area contributed by atoms with Gasteiger partial charge in [-0.05, 0) is 17.7 Å². The van der Waals surface area contributed by atoms with E-state index in [0.29, 0.717) is 0 Å². The third-order valence-corrected chi connectivity index (χ3v) is 3.04. The summed E-state index contributed by atoms with van der Waals surface area (Å²) < 4.78 is 5.66. The van der Waals surface area contributed by atoms with Crippen molar-refractivity contribution in [1.82, 2.24) is 0 Å². The van der Waals surface area contributed by atoms with Crippen LogP contribution in [-0.4, -0.2) is 6.54 Å². The number of hydrogen-bond donors (Lipinski definition) is 0. The molecule has 0 radical (unpaired) electrons. The van der Waals surface area contributed by atoms with Crippen molar-refractivity contribution in [1.29, 1.82) is 0 Å². The minimum absolute atomic E-state index is 0.742. The first-order valence-corrected chi connectivity index (χ1v) is 6.06. The number of fused-ring (bicyclic) bond motifs is 1. The van der Waals surface area contributed by atoms with Gasteiger partial charge in [-0.3, -0.25) is 0 Å². The fourth-order valence-electron chi connectivity index (χ4n) is 2.24. The van der Waals surface area contributed by atoms with Crippen molar-refractivity contribution in [2.45, 2.75) is 6.54 Å². The summed E-state index contributed by atoms with van der Waals surface area (Å²) in [6.45, 7) is 5.56. The van der Waals surface area contributed by atoms with E-state index in [1.54, 1.807) is 0 Å². The number of para-hydroxylation sites is 2. The van der Waals surface area contributed by atoms with Gasteiger partial charge >= 0.3 is 0 Å². The van der Waals surface area contributed by atoms with Crippen LogP contribution in [0.15, 0.2) is 66.9 Å². The van der Waals surface area contributed by atoms with E-state index in [-0.39, 0.29) is 0 Å². The lowest BCUT2D eigenvalue weighted by atomic mass is 10.1. The van der Waals surface area contributed by atoms with E-state index in [1.807, 2.05) is 24.3 Å². The lowest BCUT2D eigenvalue weighted by molar-refractivity contribution is 0.397. The number of benzene rings is 2. The third-order valence-electron chi connectivity index (χ3n) is 3.04. The smallest absolute Gasteiger partial charge is 0.150 e. The highest BCUT2D eigenvalue weighted by atomic mass is 16.5. The zero-order chi connectivity index (χ0) is 12.4. The molecule has 0 fully saturated rings. The number of ether oxygens (including phenoxy) is 1. The first-order chi connectivity index (χ1) is 8.83. The van der Waals surface area contributed by atoms with Crippen LogP contribution < -0.4 is 9.64 Å². The summed E-state index contributed by atoms with van der Waals surface area (Å²) in [5, 5.41) is 0. The molecule has 0 aromatic heterocycles. The van der Waals surface area contributed by atoms with Gasteiger partial charge in [-0.2, -0.15) is 0 Å². The molecule has 0 aliphatic carbocycles. The molecule has 0 atom stereocenters. The summed E-state index contributed by atoms with van der Waals surface area (Å²) in [4.78, 5) is 2.29. The molecule has 2 nitrogen and oxygen atoms in total. The summed E-state index contributed by atoms with van der Waals surface area (Å²) in [7, 11) is 0. The molecule has 1 aliphatic rings. The second-order valence-electron chi connectivity index (χ2n) is 4.45. The fourth-order valence-corrected chi connectivity index (χ4v) is 2.24. The average molecular weight is 237 g/mol. The molecule has 90 valence electrons. The van der Waals surface area contributed by atoms with Crippen molar-refractivity contribution >= 4 is 5.69 Å². The molecular formula is C16H15NO. The summed E-state index contributed by atoms with van der Waals surface area (Å²) in [6, 6.07) is 18.5. The second-order valence-corrected chi connectivity index (χ2v) is 4.45. The molecule has 3 rings (SSSR count). The van der Waals surface area contributed by atoms with Gasteiger partial charge in [-0.25, -0.2) is 0 Å². The number of nitrogens with zero attached hydrogens (tertiary/aromatic N) is 1. The first-order valence-electron chi connectivity index (χ1n) is 6.06. The summed E-state index contributed by atoms with van der Waals surface area (Å²) >= 11 is 0. The topological polar surface area (TPSA) is 12.5 Å². The molecule has 0 N–H and O–H groups in total. The van der Waals surface area contributed by atoms with Crippen LogP contribution in [0.4, 0.5) is 5.69 Å². The van der Waals surface area contributed by atoms with Gasteiger partial charge in [-0.15, -0.1) is 0 Å². The van der Waals surface area contributed by atoms with E-state index in [2.05, 4.69) is 41.8 Å². The molecule has 2 heteroatoms. The molecule has 1 aliphatic heterocycles. The van der Waals surface area contributed by atoms with Crippen molar-refractivity contribution < 1.29 is 4.74 Å². The molecule has 18 heavy (non-hydrogen) atoms. The van der Waals surface area contributed by atoms with Crippen LogP contribution in [0.1, 0.15) is 5.56 Å². The highest BCUT2D eigenvalue weighted by molar-refractivity contribution is 5.61. The van der Waals surface area contributed by atoms with Crippen LogP contribution in [0.3, 0.4) is 0 Å². The standard InChI is InChI=1S/C16H15NO/c1-13-11-17(12-14-7-3-2-4-8-14)15-9-5-6-10-16(15)18-13/h2-10H,1,11-12H2. The molecular weight excluding hydrogens is 222 g/mol. The largest absolute Gasteiger partial charge is 0.458 e. The molecule has 1 heterocycles. The van der Waals surface area contributed by atoms with Gasteiger partial charge < -0.3 is 9.64 Å². The first kappa shape index (κ1) is 10.9. The molecule has 2 aromatic rings. The highest BCUT2D eigenvalue weighted by Crippen LogP contribution is 2.34. The Labute approximate surface area is 107 Å². The van der Waals surface area contributed by atoms with E-state index >= 15 is 0 Å². The van der Waals surface area contributed by atoms with Gasteiger partial charge in [0.05, 0.1) is 12.2 Å². The predicted molar refractivity (Wildman–Crippen MR) is 73.7 cm³/mol. The molecule has 0 unspecified atom stereocenters. The van der Waals surface area contributed by atoms with Gasteiger partial charge in [0, 0.05) is 6.54 Å². The van der Waals surface area contributed by atoms with E-state index in [9.17, 15) is 0 Å². The Balaban J connectivity index is 1.91. The second kappa shape index (κ2) is 4.57. The molecule has 0 spiro atoms. The zero-order valence-corrected chi connectivity index (χ0v) is 10.2. The summed E-state index contributed by atoms with van der Waals surface area (Å²) in [5.41, 5.74) is 2.43. The Bertz CT molecular complexity index is 562. The maximum atomic E-state index is 5.66. The Morgan fingerprint density at radius 2 is 1.72 bits per heavy atom. The average Bonchev–Trinajstić information content (AvgIpc) is 2.40. The van der Waals surface area contributed by atoms with Crippen LogP contribution in [0, 0.1) is 0 Å². The monoisotopic (exact) mass is 237 g/mol. The fraction of sp³-hybridized carbons (Fsp3) is 0.125. The third kappa shape index (κ3) is 2.09. The Morgan fingerprint density at radius 3 is 2.56 bits per heavy atom. The molecule has 0 saturated carbocycles.